The number of carbonyl (C=O) groups excluding carboxylic acids is 1. The summed E-state index contributed by atoms with van der Waals surface area (Å²) in [6, 6.07) is 12.5. The van der Waals surface area contributed by atoms with Gasteiger partial charge in [0.15, 0.2) is 0 Å². The van der Waals surface area contributed by atoms with Crippen LogP contribution in [0, 0.1) is 0 Å². The smallest absolute Gasteiger partial charge is 0.414 e. The second-order valence-electron chi connectivity index (χ2n) is 5.81. The minimum absolute atomic E-state index is 0.173. The average Bonchev–Trinajstić information content (AvgIpc) is 3.19. The normalized spacial score (nSPS) is 14.0. The Morgan fingerprint density at radius 2 is 1.63 bits per heavy atom. The van der Waals surface area contributed by atoms with E-state index in [1.807, 2.05) is 34.5 Å². The molecule has 9 heteroatoms. The van der Waals surface area contributed by atoms with E-state index in [0.717, 1.165) is 41.0 Å². The molecule has 1 aromatic heterocycles. The van der Waals surface area contributed by atoms with Gasteiger partial charge in [-0.1, -0.05) is 22.0 Å². The Morgan fingerprint density at radius 1 is 1.04 bits per heavy atom. The van der Waals surface area contributed by atoms with Crippen molar-refractivity contribution in [1.29, 1.82) is 0 Å². The fraction of sp³-hybridized carbons (Fsp3) is 0.278. The van der Waals surface area contributed by atoms with Crippen molar-refractivity contribution in [2.24, 2.45) is 0 Å². The van der Waals surface area contributed by atoms with E-state index in [2.05, 4.69) is 33.4 Å². The highest BCUT2D eigenvalue weighted by Gasteiger charge is 2.23. The summed E-state index contributed by atoms with van der Waals surface area (Å²) in [5, 5.41) is 20.3. The third-order valence-electron chi connectivity index (χ3n) is 3.91. The summed E-state index contributed by atoms with van der Waals surface area (Å²) in [4.78, 5) is 33.3. The third kappa shape index (κ3) is 6.69. The number of thiophene rings is 1. The number of amides is 1. The molecule has 7 nitrogen and oxygen atoms in total. The molecule has 144 valence electrons. The summed E-state index contributed by atoms with van der Waals surface area (Å²) in [6.45, 7) is 1.65. The molecule has 1 amide bonds. The van der Waals surface area contributed by atoms with E-state index >= 15 is 0 Å². The van der Waals surface area contributed by atoms with Crippen molar-refractivity contribution in [2.75, 3.05) is 18.4 Å². The van der Waals surface area contributed by atoms with Crippen molar-refractivity contribution in [3.8, 4) is 0 Å². The summed E-state index contributed by atoms with van der Waals surface area (Å²) in [6.07, 6.45) is 1.99. The Morgan fingerprint density at radius 3 is 2.11 bits per heavy atom. The van der Waals surface area contributed by atoms with Gasteiger partial charge in [0, 0.05) is 29.3 Å². The summed E-state index contributed by atoms with van der Waals surface area (Å²) >= 11 is 4.96. The van der Waals surface area contributed by atoms with Crippen LogP contribution in [0.3, 0.4) is 0 Å². The van der Waals surface area contributed by atoms with Gasteiger partial charge in [-0.2, -0.15) is 0 Å². The van der Waals surface area contributed by atoms with E-state index in [0.29, 0.717) is 6.04 Å². The summed E-state index contributed by atoms with van der Waals surface area (Å²) < 4.78 is 1.09. The van der Waals surface area contributed by atoms with Crippen LogP contribution in [0.15, 0.2) is 46.3 Å². The zero-order chi connectivity index (χ0) is 19.8. The van der Waals surface area contributed by atoms with Crippen LogP contribution in [0.4, 0.5) is 5.69 Å². The van der Waals surface area contributed by atoms with Crippen LogP contribution < -0.4 is 5.32 Å². The molecule has 0 aliphatic carbocycles. The second-order valence-corrected chi connectivity index (χ2v) is 7.67. The quantitative estimate of drug-likeness (QED) is 0.613. The molecular weight excluding hydrogens is 436 g/mol. The maximum atomic E-state index is 12.3. The Bertz CT molecular complexity index is 760. The number of hydrogen-bond donors (Lipinski definition) is 3. The molecule has 1 fully saturated rings. The Balaban J connectivity index is 0.000000380. The number of carboxylic acids is 2. The van der Waals surface area contributed by atoms with E-state index in [9.17, 15) is 4.79 Å². The number of nitrogens with zero attached hydrogens (tertiary/aromatic N) is 1. The molecule has 1 saturated heterocycles. The SMILES string of the molecule is O=C(O)C(=O)O.O=C(c1cccs1)N1CCC(Nc2ccc(Br)cc2)CC1. The van der Waals surface area contributed by atoms with Crippen molar-refractivity contribution >= 4 is 50.8 Å². The number of piperidine rings is 1. The minimum Gasteiger partial charge on any atom is -0.473 e. The summed E-state index contributed by atoms with van der Waals surface area (Å²) in [5.41, 5.74) is 1.14. The predicted molar refractivity (Wildman–Crippen MR) is 106 cm³/mol. The number of rotatable bonds is 3. The topological polar surface area (TPSA) is 107 Å². The number of carbonyl (C=O) groups is 3. The maximum absolute atomic E-state index is 12.3. The van der Waals surface area contributed by atoms with Gasteiger partial charge in [-0.05, 0) is 48.6 Å². The number of benzene rings is 1. The van der Waals surface area contributed by atoms with Crippen molar-refractivity contribution in [1.82, 2.24) is 4.90 Å². The van der Waals surface area contributed by atoms with Crippen LogP contribution in [-0.2, 0) is 9.59 Å². The highest BCUT2D eigenvalue weighted by atomic mass is 79.9. The minimum atomic E-state index is -1.82. The Hall–Kier alpha value is -2.39. The molecule has 27 heavy (non-hydrogen) atoms. The van der Waals surface area contributed by atoms with Crippen LogP contribution in [0.5, 0.6) is 0 Å². The molecule has 0 spiro atoms. The van der Waals surface area contributed by atoms with Gasteiger partial charge in [-0.15, -0.1) is 11.3 Å². The van der Waals surface area contributed by atoms with Crippen molar-refractivity contribution < 1.29 is 24.6 Å². The highest BCUT2D eigenvalue weighted by molar-refractivity contribution is 9.10. The van der Waals surface area contributed by atoms with E-state index < -0.39 is 11.9 Å². The fourth-order valence-electron chi connectivity index (χ4n) is 2.56. The van der Waals surface area contributed by atoms with Gasteiger partial charge in [0.05, 0.1) is 4.88 Å². The van der Waals surface area contributed by atoms with Crippen LogP contribution in [0.1, 0.15) is 22.5 Å². The van der Waals surface area contributed by atoms with Crippen LogP contribution in [-0.4, -0.2) is 52.1 Å². The lowest BCUT2D eigenvalue weighted by Gasteiger charge is -2.32. The molecule has 0 saturated carbocycles. The Labute approximate surface area is 168 Å². The van der Waals surface area contributed by atoms with Crippen LogP contribution in [0.2, 0.25) is 0 Å². The molecule has 3 N–H and O–H groups in total. The van der Waals surface area contributed by atoms with Crippen molar-refractivity contribution in [2.45, 2.75) is 18.9 Å². The number of carboxylic acid groups (broad SMARTS) is 2. The van der Waals surface area contributed by atoms with Gasteiger partial charge in [0.25, 0.3) is 5.91 Å². The molecule has 0 atom stereocenters. The molecule has 0 radical (unpaired) electrons. The number of halogens is 1. The first-order valence-corrected chi connectivity index (χ1v) is 9.85. The Kier molecular flexibility index (Phi) is 7.81. The van der Waals surface area contributed by atoms with Gasteiger partial charge in [0.1, 0.15) is 0 Å². The molecule has 2 heterocycles. The molecule has 2 aromatic rings. The molecule has 1 aromatic carbocycles. The number of anilines is 1. The zero-order valence-corrected chi connectivity index (χ0v) is 16.7. The molecule has 0 bridgehead atoms. The van der Waals surface area contributed by atoms with E-state index in [-0.39, 0.29) is 5.91 Å². The number of nitrogens with one attached hydrogen (secondary N) is 1. The molecule has 1 aliphatic heterocycles. The first kappa shape index (κ1) is 20.9. The standard InChI is InChI=1S/C16H17BrN2OS.C2H2O4/c17-12-3-5-13(6-4-12)18-14-7-9-19(10-8-14)16(20)15-2-1-11-21-15;3-1(4)2(5)6/h1-6,11,14,18H,7-10H2;(H,3,4)(H,5,6). The predicted octanol–water partition coefficient (Wildman–Crippen LogP) is 3.38. The number of hydrogen-bond acceptors (Lipinski definition) is 5. The third-order valence-corrected chi connectivity index (χ3v) is 5.30. The largest absolute Gasteiger partial charge is 0.473 e. The number of aliphatic carboxylic acids is 2. The molecular formula is C18H19BrN2O5S. The monoisotopic (exact) mass is 454 g/mol. The van der Waals surface area contributed by atoms with Crippen LogP contribution in [0.25, 0.3) is 0 Å². The summed E-state index contributed by atoms with van der Waals surface area (Å²) in [5.74, 6) is -3.47. The zero-order valence-electron chi connectivity index (χ0n) is 14.3. The molecule has 3 rings (SSSR count). The maximum Gasteiger partial charge on any atom is 0.414 e. The van der Waals surface area contributed by atoms with Gasteiger partial charge in [-0.25, -0.2) is 9.59 Å². The molecule has 0 unspecified atom stereocenters. The summed E-state index contributed by atoms with van der Waals surface area (Å²) in [7, 11) is 0. The first-order chi connectivity index (χ1) is 12.9. The second kappa shape index (κ2) is 10.1. The van der Waals surface area contributed by atoms with Crippen molar-refractivity contribution in [3.05, 3.63) is 51.1 Å². The van der Waals surface area contributed by atoms with Gasteiger partial charge in [0.2, 0.25) is 0 Å². The van der Waals surface area contributed by atoms with E-state index in [1.165, 1.54) is 11.3 Å². The van der Waals surface area contributed by atoms with Gasteiger partial charge >= 0.3 is 11.9 Å². The lowest BCUT2D eigenvalue weighted by atomic mass is 10.0. The average molecular weight is 455 g/mol. The lowest BCUT2D eigenvalue weighted by molar-refractivity contribution is -0.159. The number of likely N-dealkylation sites (tertiary alicyclic amines) is 1. The first-order valence-electron chi connectivity index (χ1n) is 8.18. The van der Waals surface area contributed by atoms with E-state index in [1.54, 1.807) is 0 Å². The van der Waals surface area contributed by atoms with Gasteiger partial charge in [-0.3, -0.25) is 4.79 Å². The lowest BCUT2D eigenvalue weighted by Crippen LogP contribution is -2.42. The molecule has 1 aliphatic rings. The van der Waals surface area contributed by atoms with Gasteiger partial charge < -0.3 is 20.4 Å². The van der Waals surface area contributed by atoms with Crippen LogP contribution >= 0.6 is 27.3 Å². The van der Waals surface area contributed by atoms with Crippen molar-refractivity contribution in [3.63, 3.8) is 0 Å². The highest BCUT2D eigenvalue weighted by Crippen LogP contribution is 2.21. The van der Waals surface area contributed by atoms with E-state index in [4.69, 9.17) is 19.8 Å². The fourth-order valence-corrected chi connectivity index (χ4v) is 3.52.